The van der Waals surface area contributed by atoms with E-state index in [9.17, 15) is 19.5 Å². The number of aromatic hydroxyl groups is 1. The number of rotatable bonds is 10. The number of phenolic OH excluding ortho intramolecular Hbond substituents is 1. The minimum absolute atomic E-state index is 0.00647. The van der Waals surface area contributed by atoms with Crippen molar-refractivity contribution in [1.29, 1.82) is 0 Å². The SMILES string of the molecule is CNC(=O)C(CCC=O)N1Cc2c(OCC(C=Nc3cccc(O)c3)=NN)cccc2C1=O. The van der Waals surface area contributed by atoms with Crippen molar-refractivity contribution in [3.05, 3.63) is 53.6 Å². The zero-order chi connectivity index (χ0) is 23.8. The Morgan fingerprint density at radius 1 is 1.33 bits per heavy atom. The van der Waals surface area contributed by atoms with Crippen molar-refractivity contribution in [2.75, 3.05) is 13.7 Å². The third-order valence-corrected chi connectivity index (χ3v) is 5.17. The van der Waals surface area contributed by atoms with E-state index in [0.29, 0.717) is 28.3 Å². The third kappa shape index (κ3) is 5.53. The second kappa shape index (κ2) is 10.9. The number of nitrogens with two attached hydrogens (primary N) is 1. The number of hydrogen-bond acceptors (Lipinski definition) is 8. The van der Waals surface area contributed by atoms with Gasteiger partial charge in [0.2, 0.25) is 5.91 Å². The molecule has 4 N–H and O–H groups in total. The number of nitrogens with zero attached hydrogens (tertiary/aromatic N) is 3. The molecule has 172 valence electrons. The highest BCUT2D eigenvalue weighted by Crippen LogP contribution is 2.33. The number of hydrogen-bond donors (Lipinski definition) is 3. The largest absolute Gasteiger partial charge is 0.508 e. The minimum Gasteiger partial charge on any atom is -0.508 e. The molecule has 0 saturated heterocycles. The number of phenols is 1. The van der Waals surface area contributed by atoms with E-state index in [-0.39, 0.29) is 43.6 Å². The quantitative estimate of drug-likeness (QED) is 0.216. The minimum atomic E-state index is -0.761. The molecular formula is C23H25N5O5. The second-order valence-electron chi connectivity index (χ2n) is 7.28. The Bertz CT molecular complexity index is 1100. The summed E-state index contributed by atoms with van der Waals surface area (Å²) in [4.78, 5) is 41.8. The zero-order valence-electron chi connectivity index (χ0n) is 18.1. The molecule has 1 aliphatic rings. The first-order valence-electron chi connectivity index (χ1n) is 10.3. The predicted octanol–water partition coefficient (Wildman–Crippen LogP) is 1.54. The maximum absolute atomic E-state index is 13.0. The van der Waals surface area contributed by atoms with E-state index in [1.807, 2.05) is 0 Å². The van der Waals surface area contributed by atoms with Gasteiger partial charge in [0.1, 0.15) is 36.1 Å². The van der Waals surface area contributed by atoms with Crippen LogP contribution in [0.25, 0.3) is 0 Å². The molecule has 0 spiro atoms. The van der Waals surface area contributed by atoms with Crippen molar-refractivity contribution in [3.8, 4) is 11.5 Å². The maximum atomic E-state index is 13.0. The summed E-state index contributed by atoms with van der Waals surface area (Å²) in [6, 6.07) is 10.7. The van der Waals surface area contributed by atoms with E-state index in [2.05, 4.69) is 15.4 Å². The molecule has 33 heavy (non-hydrogen) atoms. The van der Waals surface area contributed by atoms with E-state index < -0.39 is 6.04 Å². The average Bonchev–Trinajstić information content (AvgIpc) is 3.16. The highest BCUT2D eigenvalue weighted by Gasteiger charge is 2.37. The van der Waals surface area contributed by atoms with E-state index in [1.54, 1.807) is 30.3 Å². The van der Waals surface area contributed by atoms with Crippen LogP contribution in [0.5, 0.6) is 11.5 Å². The van der Waals surface area contributed by atoms with Gasteiger partial charge in [-0.15, -0.1) is 0 Å². The fourth-order valence-electron chi connectivity index (χ4n) is 3.52. The Balaban J connectivity index is 1.74. The first-order chi connectivity index (χ1) is 16.0. The van der Waals surface area contributed by atoms with Crippen LogP contribution in [0.1, 0.15) is 28.8 Å². The van der Waals surface area contributed by atoms with E-state index in [4.69, 9.17) is 10.6 Å². The van der Waals surface area contributed by atoms with Crippen LogP contribution >= 0.6 is 0 Å². The molecule has 0 saturated carbocycles. The van der Waals surface area contributed by atoms with Crippen molar-refractivity contribution in [3.63, 3.8) is 0 Å². The lowest BCUT2D eigenvalue weighted by Crippen LogP contribution is -2.46. The van der Waals surface area contributed by atoms with Gasteiger partial charge in [-0.3, -0.25) is 14.6 Å². The van der Waals surface area contributed by atoms with Crippen molar-refractivity contribution in [2.45, 2.75) is 25.4 Å². The third-order valence-electron chi connectivity index (χ3n) is 5.17. The van der Waals surface area contributed by atoms with E-state index >= 15 is 0 Å². The lowest BCUT2D eigenvalue weighted by Gasteiger charge is -2.25. The van der Waals surface area contributed by atoms with Crippen LogP contribution < -0.4 is 15.9 Å². The molecule has 0 aromatic heterocycles. The predicted molar refractivity (Wildman–Crippen MR) is 123 cm³/mol. The lowest BCUT2D eigenvalue weighted by molar-refractivity contribution is -0.125. The summed E-state index contributed by atoms with van der Waals surface area (Å²) in [5, 5.41) is 15.8. The molecule has 0 aliphatic carbocycles. The van der Waals surface area contributed by atoms with Gasteiger partial charge in [-0.25, -0.2) is 0 Å². The molecule has 1 atom stereocenters. The van der Waals surface area contributed by atoms with Crippen molar-refractivity contribution in [1.82, 2.24) is 10.2 Å². The van der Waals surface area contributed by atoms with Gasteiger partial charge in [-0.1, -0.05) is 12.1 Å². The van der Waals surface area contributed by atoms with Crippen LogP contribution in [0.2, 0.25) is 0 Å². The number of carbonyl (C=O) groups excluding carboxylic acids is 3. The van der Waals surface area contributed by atoms with Gasteiger partial charge in [-0.2, -0.15) is 5.10 Å². The first kappa shape index (κ1) is 23.5. The van der Waals surface area contributed by atoms with Crippen molar-refractivity contribution in [2.24, 2.45) is 15.9 Å². The van der Waals surface area contributed by atoms with E-state index in [1.165, 1.54) is 30.3 Å². The van der Waals surface area contributed by atoms with Crippen LogP contribution in [0.4, 0.5) is 5.69 Å². The summed E-state index contributed by atoms with van der Waals surface area (Å²) >= 11 is 0. The number of aldehydes is 1. The fourth-order valence-corrected chi connectivity index (χ4v) is 3.52. The number of nitrogens with one attached hydrogen (secondary N) is 1. The highest BCUT2D eigenvalue weighted by molar-refractivity contribution is 6.31. The van der Waals surface area contributed by atoms with Crippen molar-refractivity contribution < 1.29 is 24.2 Å². The summed E-state index contributed by atoms with van der Waals surface area (Å²) in [5.74, 6) is 5.37. The van der Waals surface area contributed by atoms with Crippen LogP contribution in [-0.4, -0.2) is 59.7 Å². The molecular weight excluding hydrogens is 426 g/mol. The molecule has 0 radical (unpaired) electrons. The standard InChI is InChI=1S/C23H25N5O5/c1-25-22(31)20(8-4-10-29)28-13-19-18(23(28)32)7-3-9-21(19)33-14-16(27-24)12-26-15-5-2-6-17(30)11-15/h2-3,5-7,9-12,20,30H,4,8,13-14,24H2,1H3,(H,25,31). The molecule has 1 unspecified atom stereocenters. The number of amides is 2. The highest BCUT2D eigenvalue weighted by atomic mass is 16.5. The molecule has 1 heterocycles. The molecule has 2 aromatic rings. The zero-order valence-corrected chi connectivity index (χ0v) is 18.1. The van der Waals surface area contributed by atoms with Crippen molar-refractivity contribution >= 4 is 35.7 Å². The van der Waals surface area contributed by atoms with Crippen LogP contribution in [0, 0.1) is 0 Å². The molecule has 10 heteroatoms. The van der Waals surface area contributed by atoms with Gasteiger partial charge in [0.25, 0.3) is 5.91 Å². The second-order valence-corrected chi connectivity index (χ2v) is 7.28. The average molecular weight is 451 g/mol. The van der Waals surface area contributed by atoms with E-state index in [0.717, 1.165) is 6.29 Å². The summed E-state index contributed by atoms with van der Waals surface area (Å²) in [6.07, 6.45) is 2.55. The molecule has 2 amide bonds. The Kier molecular flexibility index (Phi) is 7.74. The Labute approximate surface area is 190 Å². The molecule has 2 aromatic carbocycles. The number of carbonyl (C=O) groups is 3. The van der Waals surface area contributed by atoms with Gasteiger partial charge in [0.05, 0.1) is 18.4 Å². The van der Waals surface area contributed by atoms with Gasteiger partial charge in [0, 0.05) is 30.7 Å². The number of aliphatic imine (C=N–C) groups is 1. The summed E-state index contributed by atoms with van der Waals surface area (Å²) in [5.41, 5.74) is 1.94. The Morgan fingerprint density at radius 2 is 2.12 bits per heavy atom. The Hall–Kier alpha value is -4.21. The fraction of sp³-hybridized carbons (Fsp3) is 0.261. The number of likely N-dealkylation sites (N-methyl/N-ethyl adjacent to an activating group) is 1. The van der Waals surface area contributed by atoms with Crippen LogP contribution in [0.15, 0.2) is 52.6 Å². The topological polar surface area (TPSA) is 147 Å². The normalized spacial score (nSPS) is 14.3. The molecule has 10 nitrogen and oxygen atoms in total. The van der Waals surface area contributed by atoms with Gasteiger partial charge in [0.15, 0.2) is 0 Å². The summed E-state index contributed by atoms with van der Waals surface area (Å²) in [6.45, 7) is 0.168. The number of hydrazone groups is 1. The van der Waals surface area contributed by atoms with Gasteiger partial charge in [-0.05, 0) is 30.7 Å². The maximum Gasteiger partial charge on any atom is 0.255 e. The number of ether oxygens (including phenoxy) is 1. The number of fused-ring (bicyclic) bond motifs is 1. The summed E-state index contributed by atoms with van der Waals surface area (Å²) in [7, 11) is 1.49. The summed E-state index contributed by atoms with van der Waals surface area (Å²) < 4.78 is 5.87. The molecule has 3 rings (SSSR count). The molecule has 0 fully saturated rings. The molecule has 1 aliphatic heterocycles. The first-order valence-corrected chi connectivity index (χ1v) is 10.3. The monoisotopic (exact) mass is 451 g/mol. The number of benzene rings is 2. The van der Waals surface area contributed by atoms with Crippen LogP contribution in [0.3, 0.4) is 0 Å². The van der Waals surface area contributed by atoms with Gasteiger partial charge >= 0.3 is 0 Å². The van der Waals surface area contributed by atoms with Gasteiger partial charge < -0.3 is 30.7 Å². The van der Waals surface area contributed by atoms with Crippen LogP contribution in [-0.2, 0) is 16.1 Å². The Morgan fingerprint density at radius 3 is 2.82 bits per heavy atom. The smallest absolute Gasteiger partial charge is 0.255 e. The molecule has 0 bridgehead atoms. The lowest BCUT2D eigenvalue weighted by atomic mass is 10.1.